The Morgan fingerprint density at radius 2 is 0.795 bits per heavy atom. The highest BCUT2D eigenvalue weighted by Gasteiger charge is 2.41. The summed E-state index contributed by atoms with van der Waals surface area (Å²) in [4.78, 5) is 0. The highest BCUT2D eigenvalue weighted by atomic mass is 14.4. The molecule has 0 bridgehead atoms. The molecule has 0 unspecified atom stereocenters. The second kappa shape index (κ2) is 10.7. The molecule has 0 radical (unpaired) electrons. The van der Waals surface area contributed by atoms with Crippen molar-refractivity contribution in [2.75, 3.05) is 0 Å². The molecule has 0 aliphatic carbocycles. The number of rotatable bonds is 6. The van der Waals surface area contributed by atoms with Gasteiger partial charge in [-0.1, -0.05) is 164 Å². The normalized spacial score (nSPS) is 11.1. The molecule has 1 heteroatoms. The predicted octanol–water partition coefficient (Wildman–Crippen LogP) is 9.27. The van der Waals surface area contributed by atoms with E-state index < -0.39 is 5.41 Å². The zero-order valence-corrected chi connectivity index (χ0v) is 21.5. The third-order valence-corrected chi connectivity index (χ3v) is 7.49. The summed E-state index contributed by atoms with van der Waals surface area (Å²) >= 11 is 0. The van der Waals surface area contributed by atoms with Crippen molar-refractivity contribution in [2.45, 2.75) is 5.41 Å². The van der Waals surface area contributed by atoms with Crippen LogP contribution in [0.1, 0.15) is 27.8 Å². The molecule has 0 saturated heterocycles. The van der Waals surface area contributed by atoms with Gasteiger partial charge in [-0.15, -0.1) is 0 Å². The average molecular weight is 498 g/mol. The van der Waals surface area contributed by atoms with Gasteiger partial charge in [-0.25, -0.2) is 0 Å². The summed E-state index contributed by atoms with van der Waals surface area (Å²) in [7, 11) is 0. The van der Waals surface area contributed by atoms with Crippen molar-refractivity contribution in [3.05, 3.63) is 192 Å². The van der Waals surface area contributed by atoms with Crippen molar-refractivity contribution in [1.29, 1.82) is 5.26 Å². The summed E-state index contributed by atoms with van der Waals surface area (Å²) in [6.45, 7) is 0. The van der Waals surface area contributed by atoms with E-state index in [2.05, 4.69) is 133 Å². The fraction of sp³-hybridized carbons (Fsp3) is 0.0263. The highest BCUT2D eigenvalue weighted by molar-refractivity contribution is 5.87. The fourth-order valence-corrected chi connectivity index (χ4v) is 5.83. The van der Waals surface area contributed by atoms with E-state index in [-0.39, 0.29) is 0 Å². The van der Waals surface area contributed by atoms with Crippen LogP contribution in [0.4, 0.5) is 0 Å². The van der Waals surface area contributed by atoms with Crippen LogP contribution in [0.25, 0.3) is 22.3 Å². The van der Waals surface area contributed by atoms with Gasteiger partial charge in [-0.05, 0) is 33.4 Å². The minimum Gasteiger partial charge on any atom is -0.192 e. The van der Waals surface area contributed by atoms with Crippen LogP contribution in [0.2, 0.25) is 0 Å². The first-order chi connectivity index (χ1) is 19.3. The van der Waals surface area contributed by atoms with Crippen molar-refractivity contribution in [2.24, 2.45) is 0 Å². The van der Waals surface area contributed by atoms with Gasteiger partial charge in [-0.3, -0.25) is 0 Å². The monoisotopic (exact) mass is 497 g/mol. The number of nitrogens with zero attached hydrogens (tertiary/aromatic N) is 1. The largest absolute Gasteiger partial charge is 0.192 e. The van der Waals surface area contributed by atoms with E-state index in [1.54, 1.807) is 0 Å². The van der Waals surface area contributed by atoms with Gasteiger partial charge in [0.05, 0.1) is 11.0 Å². The number of benzene rings is 6. The lowest BCUT2D eigenvalue weighted by molar-refractivity contribution is 0.747. The van der Waals surface area contributed by atoms with E-state index in [9.17, 15) is 5.26 Å². The van der Waals surface area contributed by atoms with Crippen LogP contribution in [-0.2, 0) is 5.41 Å². The topological polar surface area (TPSA) is 23.8 Å². The summed E-state index contributed by atoms with van der Waals surface area (Å²) in [5.74, 6) is 0. The summed E-state index contributed by atoms with van der Waals surface area (Å²) in [6, 6.07) is 59.5. The molecular weight excluding hydrogens is 470 g/mol. The Labute approximate surface area is 230 Å². The van der Waals surface area contributed by atoms with Crippen LogP contribution in [0.15, 0.2) is 164 Å². The third-order valence-electron chi connectivity index (χ3n) is 7.49. The van der Waals surface area contributed by atoms with Crippen LogP contribution < -0.4 is 0 Å². The van der Waals surface area contributed by atoms with E-state index in [0.717, 1.165) is 44.5 Å². The van der Waals surface area contributed by atoms with Gasteiger partial charge in [0.15, 0.2) is 0 Å². The molecule has 0 fully saturated rings. The van der Waals surface area contributed by atoms with E-state index in [0.29, 0.717) is 5.56 Å². The molecule has 1 nitrogen and oxygen atoms in total. The Bertz CT molecular complexity index is 1620. The van der Waals surface area contributed by atoms with E-state index >= 15 is 0 Å². The zero-order chi connectivity index (χ0) is 26.5. The molecule has 0 aliphatic rings. The molecular formula is C38H27N. The lowest BCUT2D eigenvalue weighted by atomic mass is 9.63. The SMILES string of the molecule is N#Cc1c(-c2ccccc2)ccc(C(c2ccccc2)(c2ccccc2)c2ccccc2)c1-c1ccccc1. The maximum atomic E-state index is 10.8. The van der Waals surface area contributed by atoms with Crippen molar-refractivity contribution in [3.8, 4) is 28.3 Å². The van der Waals surface area contributed by atoms with Crippen molar-refractivity contribution in [1.82, 2.24) is 0 Å². The van der Waals surface area contributed by atoms with Crippen LogP contribution in [0.5, 0.6) is 0 Å². The van der Waals surface area contributed by atoms with E-state index in [1.807, 2.05) is 36.4 Å². The zero-order valence-electron chi connectivity index (χ0n) is 21.5. The number of hydrogen-bond acceptors (Lipinski definition) is 1. The van der Waals surface area contributed by atoms with Gasteiger partial charge >= 0.3 is 0 Å². The lowest BCUT2D eigenvalue weighted by Crippen LogP contribution is -2.32. The third kappa shape index (κ3) is 4.23. The van der Waals surface area contributed by atoms with Crippen LogP contribution in [-0.4, -0.2) is 0 Å². The minimum absolute atomic E-state index is 0.657. The molecule has 0 amide bonds. The molecule has 0 spiro atoms. The first-order valence-electron chi connectivity index (χ1n) is 13.2. The van der Waals surface area contributed by atoms with E-state index in [1.165, 1.54) is 0 Å². The number of hydrogen-bond donors (Lipinski definition) is 0. The molecule has 6 aromatic carbocycles. The fourth-order valence-electron chi connectivity index (χ4n) is 5.83. The molecule has 184 valence electrons. The highest BCUT2D eigenvalue weighted by Crippen LogP contribution is 2.50. The standard InChI is InChI=1S/C38H27N/c39-28-35-34(29-16-6-1-7-17-29)26-27-36(37(35)30-18-8-2-9-19-30)38(31-20-10-3-11-21-31,32-22-12-4-13-23-32)33-24-14-5-15-25-33/h1-27H. The van der Waals surface area contributed by atoms with Gasteiger partial charge in [0.2, 0.25) is 0 Å². The summed E-state index contributed by atoms with van der Waals surface area (Å²) in [5, 5.41) is 10.8. The Hall–Kier alpha value is -5.19. The quantitative estimate of drug-likeness (QED) is 0.210. The minimum atomic E-state index is -0.657. The first-order valence-corrected chi connectivity index (χ1v) is 13.2. The Kier molecular flexibility index (Phi) is 6.60. The van der Waals surface area contributed by atoms with Gasteiger partial charge in [0, 0.05) is 11.1 Å². The van der Waals surface area contributed by atoms with E-state index in [4.69, 9.17) is 0 Å². The molecule has 6 aromatic rings. The summed E-state index contributed by atoms with van der Waals surface area (Å²) in [6.07, 6.45) is 0. The van der Waals surface area contributed by atoms with Gasteiger partial charge in [0.1, 0.15) is 6.07 Å². The van der Waals surface area contributed by atoms with Gasteiger partial charge in [-0.2, -0.15) is 5.26 Å². The first kappa shape index (κ1) is 24.2. The summed E-state index contributed by atoms with van der Waals surface area (Å²) < 4.78 is 0. The Morgan fingerprint density at radius 3 is 1.21 bits per heavy atom. The molecule has 0 aromatic heterocycles. The molecule has 0 atom stereocenters. The van der Waals surface area contributed by atoms with Crippen molar-refractivity contribution < 1.29 is 0 Å². The van der Waals surface area contributed by atoms with Gasteiger partial charge < -0.3 is 0 Å². The predicted molar refractivity (Wildman–Crippen MR) is 160 cm³/mol. The Balaban J connectivity index is 1.82. The van der Waals surface area contributed by atoms with Crippen molar-refractivity contribution in [3.63, 3.8) is 0 Å². The van der Waals surface area contributed by atoms with Gasteiger partial charge in [0.25, 0.3) is 0 Å². The van der Waals surface area contributed by atoms with Crippen LogP contribution >= 0.6 is 0 Å². The molecule has 0 heterocycles. The van der Waals surface area contributed by atoms with Crippen LogP contribution in [0.3, 0.4) is 0 Å². The number of nitriles is 1. The molecule has 0 saturated carbocycles. The lowest BCUT2D eigenvalue weighted by Gasteiger charge is -2.38. The average Bonchev–Trinajstić information content (AvgIpc) is 3.03. The molecule has 6 rings (SSSR count). The molecule has 0 aliphatic heterocycles. The van der Waals surface area contributed by atoms with Crippen molar-refractivity contribution >= 4 is 0 Å². The second-order valence-electron chi connectivity index (χ2n) is 9.60. The summed E-state index contributed by atoms with van der Waals surface area (Å²) in [5.41, 5.74) is 8.49. The maximum Gasteiger partial charge on any atom is 0.100 e. The molecule has 0 N–H and O–H groups in total. The maximum absolute atomic E-state index is 10.8. The Morgan fingerprint density at radius 1 is 0.410 bits per heavy atom. The second-order valence-corrected chi connectivity index (χ2v) is 9.60. The molecule has 39 heavy (non-hydrogen) atoms. The van der Waals surface area contributed by atoms with Crippen LogP contribution in [0, 0.1) is 11.3 Å². The smallest absolute Gasteiger partial charge is 0.100 e.